The quantitative estimate of drug-likeness (QED) is 0.427. The number of carbonyl (C=O) groups excluding carboxylic acids is 2. The summed E-state index contributed by atoms with van der Waals surface area (Å²) in [5.74, 6) is 0.492. The van der Waals surface area contributed by atoms with Crippen LogP contribution in [0, 0.1) is 0 Å². The Hall–Kier alpha value is -3.63. The van der Waals surface area contributed by atoms with E-state index in [-0.39, 0.29) is 18.2 Å². The maximum atomic E-state index is 13.2. The van der Waals surface area contributed by atoms with Crippen molar-refractivity contribution in [2.45, 2.75) is 11.3 Å². The molecule has 0 radical (unpaired) electrons. The molecule has 0 bridgehead atoms. The van der Waals surface area contributed by atoms with Gasteiger partial charge >= 0.3 is 0 Å². The number of thioether (sulfide) groups is 1. The summed E-state index contributed by atoms with van der Waals surface area (Å²) in [6.45, 7) is 0.0670. The van der Waals surface area contributed by atoms with Crippen LogP contribution >= 0.6 is 23.1 Å². The molecular formula is C23H19N5O3S2. The van der Waals surface area contributed by atoms with Gasteiger partial charge in [-0.25, -0.2) is 0 Å². The van der Waals surface area contributed by atoms with E-state index in [1.807, 2.05) is 58.5 Å². The third-order valence-corrected chi connectivity index (χ3v) is 6.89. The molecule has 1 unspecified atom stereocenters. The van der Waals surface area contributed by atoms with E-state index in [4.69, 9.17) is 10.5 Å². The van der Waals surface area contributed by atoms with Gasteiger partial charge in [0.1, 0.15) is 5.75 Å². The molecule has 0 fully saturated rings. The lowest BCUT2D eigenvalue weighted by Gasteiger charge is -2.33. The van der Waals surface area contributed by atoms with E-state index in [1.54, 1.807) is 34.4 Å². The number of aromatic nitrogens is 3. The molecule has 166 valence electrons. The number of anilines is 1. The minimum atomic E-state index is -0.896. The number of primary amides is 1. The standard InChI is InChI=1S/C23H19N5O3S2/c24-21(30)18-13-27(16-9-4-5-10-17(16)31-18)20(29)14-33-23-26-25-22(19-11-6-12-32-19)28(23)15-7-2-1-3-8-15/h1-12,18H,13-14H2,(H2,24,30). The minimum Gasteiger partial charge on any atom is -0.477 e. The monoisotopic (exact) mass is 477 g/mol. The summed E-state index contributed by atoms with van der Waals surface area (Å²) in [6, 6.07) is 20.8. The van der Waals surface area contributed by atoms with Gasteiger partial charge in [0.25, 0.3) is 5.91 Å². The molecule has 0 aliphatic carbocycles. The van der Waals surface area contributed by atoms with Crippen LogP contribution < -0.4 is 15.4 Å². The Labute approximate surface area is 198 Å². The first-order chi connectivity index (χ1) is 16.1. The van der Waals surface area contributed by atoms with Crippen LogP contribution in [-0.2, 0) is 9.59 Å². The number of hydrogen-bond donors (Lipinski definition) is 1. The van der Waals surface area contributed by atoms with Crippen molar-refractivity contribution in [3.05, 3.63) is 72.1 Å². The Morgan fingerprint density at radius 1 is 1.06 bits per heavy atom. The summed E-state index contributed by atoms with van der Waals surface area (Å²) in [5.41, 5.74) is 6.98. The second-order valence-corrected chi connectivity index (χ2v) is 9.11. The molecule has 4 aromatic rings. The summed E-state index contributed by atoms with van der Waals surface area (Å²) in [5, 5.41) is 11.3. The van der Waals surface area contributed by atoms with E-state index in [0.717, 1.165) is 16.4 Å². The number of fused-ring (bicyclic) bond motifs is 1. The predicted molar refractivity (Wildman–Crippen MR) is 128 cm³/mol. The Morgan fingerprint density at radius 3 is 2.61 bits per heavy atom. The van der Waals surface area contributed by atoms with Crippen LogP contribution in [0.4, 0.5) is 5.69 Å². The summed E-state index contributed by atoms with van der Waals surface area (Å²) in [4.78, 5) is 27.5. The lowest BCUT2D eigenvalue weighted by Crippen LogP contribution is -2.49. The molecule has 1 atom stereocenters. The fourth-order valence-corrected chi connectivity index (χ4v) is 5.09. The number of para-hydroxylation sites is 3. The molecule has 2 N–H and O–H groups in total. The number of hydrogen-bond acceptors (Lipinski definition) is 7. The molecule has 0 spiro atoms. The smallest absolute Gasteiger partial charge is 0.260 e. The van der Waals surface area contributed by atoms with Gasteiger partial charge in [-0.1, -0.05) is 48.2 Å². The molecule has 1 aliphatic heterocycles. The number of thiophene rings is 1. The number of benzene rings is 2. The first-order valence-electron chi connectivity index (χ1n) is 10.1. The molecule has 33 heavy (non-hydrogen) atoms. The zero-order valence-corrected chi connectivity index (χ0v) is 19.0. The average molecular weight is 478 g/mol. The molecule has 3 heterocycles. The van der Waals surface area contributed by atoms with Crippen LogP contribution in [0.15, 0.2) is 77.3 Å². The second kappa shape index (κ2) is 9.08. The Morgan fingerprint density at radius 2 is 1.85 bits per heavy atom. The Balaban J connectivity index is 1.42. The molecule has 0 saturated heterocycles. The molecule has 8 nitrogen and oxygen atoms in total. The molecular weight excluding hydrogens is 458 g/mol. The van der Waals surface area contributed by atoms with Gasteiger partial charge < -0.3 is 15.4 Å². The van der Waals surface area contributed by atoms with Gasteiger partial charge in [0, 0.05) is 5.69 Å². The third kappa shape index (κ3) is 4.22. The average Bonchev–Trinajstić information content (AvgIpc) is 3.52. The summed E-state index contributed by atoms with van der Waals surface area (Å²) < 4.78 is 7.61. The SMILES string of the molecule is NC(=O)C1CN(C(=O)CSc2nnc(-c3cccs3)n2-c2ccccc2)c2ccccc2O1. The topological polar surface area (TPSA) is 103 Å². The zero-order chi connectivity index (χ0) is 22.8. The first-order valence-corrected chi connectivity index (χ1v) is 12.0. The van der Waals surface area contributed by atoms with Gasteiger partial charge in [-0.05, 0) is 35.7 Å². The minimum absolute atomic E-state index is 0.0670. The summed E-state index contributed by atoms with van der Waals surface area (Å²) in [6.07, 6.45) is -0.896. The fraction of sp³-hybridized carbons (Fsp3) is 0.130. The summed E-state index contributed by atoms with van der Waals surface area (Å²) in [7, 11) is 0. The van der Waals surface area contributed by atoms with Gasteiger partial charge in [-0.15, -0.1) is 21.5 Å². The van der Waals surface area contributed by atoms with Gasteiger partial charge in [0.05, 0.1) is 22.9 Å². The maximum absolute atomic E-state index is 13.2. The van der Waals surface area contributed by atoms with Crippen LogP contribution in [0.25, 0.3) is 16.4 Å². The van der Waals surface area contributed by atoms with Crippen molar-refractivity contribution in [1.29, 1.82) is 0 Å². The lowest BCUT2D eigenvalue weighted by atomic mass is 10.2. The normalized spacial score (nSPS) is 15.0. The number of nitrogens with two attached hydrogens (primary N) is 1. The van der Waals surface area contributed by atoms with E-state index in [9.17, 15) is 9.59 Å². The highest BCUT2D eigenvalue weighted by Crippen LogP contribution is 2.35. The lowest BCUT2D eigenvalue weighted by molar-refractivity contribution is -0.125. The number of amides is 2. The molecule has 2 aromatic carbocycles. The van der Waals surface area contributed by atoms with Gasteiger partial charge in [0.2, 0.25) is 5.91 Å². The van der Waals surface area contributed by atoms with E-state index >= 15 is 0 Å². The van der Waals surface area contributed by atoms with Gasteiger partial charge in [-0.3, -0.25) is 14.2 Å². The van der Waals surface area contributed by atoms with Crippen molar-refractivity contribution < 1.29 is 14.3 Å². The largest absolute Gasteiger partial charge is 0.477 e. The Bertz CT molecular complexity index is 1290. The number of ether oxygens (including phenoxy) is 1. The Kier molecular flexibility index (Phi) is 5.84. The van der Waals surface area contributed by atoms with Crippen molar-refractivity contribution in [1.82, 2.24) is 14.8 Å². The van der Waals surface area contributed by atoms with Crippen molar-refractivity contribution in [2.24, 2.45) is 5.73 Å². The number of carbonyl (C=O) groups is 2. The molecule has 2 aromatic heterocycles. The van der Waals surface area contributed by atoms with Crippen LogP contribution in [0.1, 0.15) is 0 Å². The third-order valence-electron chi connectivity index (χ3n) is 5.11. The van der Waals surface area contributed by atoms with E-state index in [1.165, 1.54) is 11.8 Å². The highest BCUT2D eigenvalue weighted by atomic mass is 32.2. The molecule has 0 saturated carbocycles. The maximum Gasteiger partial charge on any atom is 0.260 e. The second-order valence-electron chi connectivity index (χ2n) is 7.22. The molecule has 2 amide bonds. The van der Waals surface area contributed by atoms with E-state index < -0.39 is 12.0 Å². The highest BCUT2D eigenvalue weighted by Gasteiger charge is 2.32. The fourth-order valence-electron chi connectivity index (χ4n) is 3.56. The van der Waals surface area contributed by atoms with Crippen molar-refractivity contribution in [3.63, 3.8) is 0 Å². The zero-order valence-electron chi connectivity index (χ0n) is 17.3. The summed E-state index contributed by atoms with van der Waals surface area (Å²) >= 11 is 2.87. The molecule has 10 heteroatoms. The molecule has 1 aliphatic rings. The molecule has 5 rings (SSSR count). The van der Waals surface area contributed by atoms with Gasteiger partial charge in [-0.2, -0.15) is 0 Å². The van der Waals surface area contributed by atoms with Crippen LogP contribution in [0.3, 0.4) is 0 Å². The van der Waals surface area contributed by atoms with Crippen LogP contribution in [0.2, 0.25) is 0 Å². The first kappa shape index (κ1) is 21.2. The number of rotatable bonds is 6. The number of nitrogens with zero attached hydrogens (tertiary/aromatic N) is 4. The van der Waals surface area contributed by atoms with E-state index in [2.05, 4.69) is 10.2 Å². The van der Waals surface area contributed by atoms with Crippen molar-refractivity contribution >= 4 is 40.6 Å². The highest BCUT2D eigenvalue weighted by molar-refractivity contribution is 7.99. The van der Waals surface area contributed by atoms with Crippen molar-refractivity contribution in [3.8, 4) is 22.1 Å². The van der Waals surface area contributed by atoms with Crippen LogP contribution in [0.5, 0.6) is 5.75 Å². The van der Waals surface area contributed by atoms with Crippen molar-refractivity contribution in [2.75, 3.05) is 17.2 Å². The predicted octanol–water partition coefficient (Wildman–Crippen LogP) is 3.37. The van der Waals surface area contributed by atoms with Crippen LogP contribution in [-0.4, -0.2) is 45.0 Å². The van der Waals surface area contributed by atoms with E-state index in [0.29, 0.717) is 16.6 Å². The van der Waals surface area contributed by atoms with Gasteiger partial charge in [0.15, 0.2) is 17.1 Å².